The zero-order chi connectivity index (χ0) is 15.3. The van der Waals surface area contributed by atoms with E-state index in [0.717, 1.165) is 12.5 Å². The second-order valence-corrected chi connectivity index (χ2v) is 8.76. The molecule has 1 rings (SSSR count). The van der Waals surface area contributed by atoms with Crippen LogP contribution >= 0.6 is 11.8 Å². The molecule has 0 amide bonds. The van der Waals surface area contributed by atoms with Crippen molar-refractivity contribution in [3.8, 4) is 0 Å². The largest absolute Gasteiger partial charge is 0.392 e. The zero-order valence-electron chi connectivity index (χ0n) is 14.3. The molecular weight excluding hydrogens is 266 g/mol. The van der Waals surface area contributed by atoms with Gasteiger partial charge in [-0.3, -0.25) is 0 Å². The van der Waals surface area contributed by atoms with Gasteiger partial charge in [-0.1, -0.05) is 41.0 Å². The van der Waals surface area contributed by atoms with Gasteiger partial charge in [-0.25, -0.2) is 0 Å². The Bertz CT molecular complexity index is 280. The van der Waals surface area contributed by atoms with Crippen molar-refractivity contribution in [2.24, 2.45) is 11.3 Å². The van der Waals surface area contributed by atoms with E-state index in [1.165, 1.54) is 25.7 Å². The lowest BCUT2D eigenvalue weighted by Gasteiger charge is -2.44. The molecule has 1 fully saturated rings. The van der Waals surface area contributed by atoms with E-state index in [-0.39, 0.29) is 6.10 Å². The summed E-state index contributed by atoms with van der Waals surface area (Å²) in [7, 11) is 0. The molecule has 0 saturated heterocycles. The summed E-state index contributed by atoms with van der Waals surface area (Å²) in [5.74, 6) is 0.820. The topological polar surface area (TPSA) is 32.3 Å². The molecule has 1 aliphatic rings. The van der Waals surface area contributed by atoms with Crippen molar-refractivity contribution in [2.45, 2.75) is 89.9 Å². The molecule has 20 heavy (non-hydrogen) atoms. The van der Waals surface area contributed by atoms with Gasteiger partial charge in [0.15, 0.2) is 0 Å². The minimum Gasteiger partial charge on any atom is -0.392 e. The quantitative estimate of drug-likeness (QED) is 0.743. The summed E-state index contributed by atoms with van der Waals surface area (Å²) >= 11 is 1.99. The van der Waals surface area contributed by atoms with Gasteiger partial charge in [0, 0.05) is 16.5 Å². The minimum atomic E-state index is -0.221. The van der Waals surface area contributed by atoms with Crippen LogP contribution in [-0.2, 0) is 0 Å². The standard InChI is InChI=1S/C17H35NOS/c1-7-17(5,6)14-9-10-15(18-8-2)16(11-14)20-13(4)12(3)19/h12-16,18-19H,7-11H2,1-6H3. The van der Waals surface area contributed by atoms with Crippen LogP contribution in [0.25, 0.3) is 0 Å². The van der Waals surface area contributed by atoms with E-state index in [0.29, 0.717) is 22.0 Å². The van der Waals surface area contributed by atoms with Crippen molar-refractivity contribution < 1.29 is 5.11 Å². The summed E-state index contributed by atoms with van der Waals surface area (Å²) in [6.45, 7) is 14.5. The summed E-state index contributed by atoms with van der Waals surface area (Å²) in [5, 5.41) is 14.4. The zero-order valence-corrected chi connectivity index (χ0v) is 15.1. The Balaban J connectivity index is 2.71. The van der Waals surface area contributed by atoms with Crippen LogP contribution in [0.3, 0.4) is 0 Å². The molecule has 0 aromatic rings. The highest BCUT2D eigenvalue weighted by Crippen LogP contribution is 2.44. The number of aliphatic hydroxyl groups excluding tert-OH is 1. The maximum Gasteiger partial charge on any atom is 0.0628 e. The molecule has 0 aromatic heterocycles. The number of hydrogen-bond donors (Lipinski definition) is 2. The molecular formula is C17H35NOS. The molecule has 1 saturated carbocycles. The van der Waals surface area contributed by atoms with Gasteiger partial charge >= 0.3 is 0 Å². The van der Waals surface area contributed by atoms with Crippen molar-refractivity contribution in [3.05, 3.63) is 0 Å². The maximum atomic E-state index is 9.80. The fourth-order valence-electron chi connectivity index (χ4n) is 3.16. The third-order valence-electron chi connectivity index (χ3n) is 5.34. The van der Waals surface area contributed by atoms with Gasteiger partial charge in [0.1, 0.15) is 0 Å². The van der Waals surface area contributed by atoms with Crippen molar-refractivity contribution in [3.63, 3.8) is 0 Å². The molecule has 1 aliphatic carbocycles. The van der Waals surface area contributed by atoms with Crippen LogP contribution in [0.2, 0.25) is 0 Å². The summed E-state index contributed by atoms with van der Waals surface area (Å²) in [6, 6.07) is 0.620. The van der Waals surface area contributed by atoms with Crippen LogP contribution < -0.4 is 5.32 Å². The third-order valence-corrected chi connectivity index (χ3v) is 7.04. The molecule has 3 heteroatoms. The van der Waals surface area contributed by atoms with E-state index in [9.17, 15) is 5.11 Å². The number of nitrogens with one attached hydrogen (secondary N) is 1. The van der Waals surface area contributed by atoms with E-state index in [1.807, 2.05) is 18.7 Å². The van der Waals surface area contributed by atoms with Gasteiger partial charge in [0.2, 0.25) is 0 Å². The average molecular weight is 302 g/mol. The lowest BCUT2D eigenvalue weighted by molar-refractivity contribution is 0.140. The van der Waals surface area contributed by atoms with E-state index >= 15 is 0 Å². The lowest BCUT2D eigenvalue weighted by atomic mass is 9.68. The van der Waals surface area contributed by atoms with Crippen molar-refractivity contribution >= 4 is 11.8 Å². The SMILES string of the molecule is CCNC1CCC(C(C)(C)CC)CC1SC(C)C(C)O. The van der Waals surface area contributed by atoms with Gasteiger partial charge in [-0.2, -0.15) is 11.8 Å². The lowest BCUT2D eigenvalue weighted by Crippen LogP contribution is -2.46. The highest BCUT2D eigenvalue weighted by molar-refractivity contribution is 8.00. The van der Waals surface area contributed by atoms with Crippen molar-refractivity contribution in [2.75, 3.05) is 6.54 Å². The van der Waals surface area contributed by atoms with Crippen LogP contribution in [0.4, 0.5) is 0 Å². The van der Waals surface area contributed by atoms with Crippen LogP contribution in [0.5, 0.6) is 0 Å². The van der Waals surface area contributed by atoms with Crippen LogP contribution in [-0.4, -0.2) is 34.3 Å². The van der Waals surface area contributed by atoms with E-state index in [4.69, 9.17) is 0 Å². The highest BCUT2D eigenvalue weighted by atomic mass is 32.2. The first-order chi connectivity index (χ1) is 9.31. The van der Waals surface area contributed by atoms with Gasteiger partial charge in [-0.15, -0.1) is 0 Å². The molecule has 0 heterocycles. The fourth-order valence-corrected chi connectivity index (χ4v) is 4.71. The second kappa shape index (κ2) is 8.05. The first kappa shape index (κ1) is 18.3. The molecule has 5 atom stereocenters. The highest BCUT2D eigenvalue weighted by Gasteiger charge is 2.38. The predicted octanol–water partition coefficient (Wildman–Crippen LogP) is 4.07. The maximum absolute atomic E-state index is 9.80. The van der Waals surface area contributed by atoms with Gasteiger partial charge < -0.3 is 10.4 Å². The Labute approximate surface area is 130 Å². The first-order valence-corrected chi connectivity index (χ1v) is 9.33. The Morgan fingerprint density at radius 2 is 1.90 bits per heavy atom. The monoisotopic (exact) mass is 301 g/mol. The summed E-state index contributed by atoms with van der Waals surface area (Å²) < 4.78 is 0. The number of rotatable bonds is 7. The average Bonchev–Trinajstić information content (AvgIpc) is 2.40. The van der Waals surface area contributed by atoms with Gasteiger partial charge in [0.25, 0.3) is 0 Å². The number of thioether (sulfide) groups is 1. The van der Waals surface area contributed by atoms with Gasteiger partial charge in [0.05, 0.1) is 6.10 Å². The Kier molecular flexibility index (Phi) is 7.37. The predicted molar refractivity (Wildman–Crippen MR) is 91.4 cm³/mol. The molecule has 2 nitrogen and oxygen atoms in total. The molecule has 120 valence electrons. The van der Waals surface area contributed by atoms with Gasteiger partial charge in [-0.05, 0) is 44.1 Å². The fraction of sp³-hybridized carbons (Fsp3) is 1.00. The molecule has 0 spiro atoms. The second-order valence-electron chi connectivity index (χ2n) is 7.14. The summed E-state index contributed by atoms with van der Waals surface area (Å²) in [5.41, 5.74) is 0.448. The van der Waals surface area contributed by atoms with Crippen molar-refractivity contribution in [1.82, 2.24) is 5.32 Å². The number of hydrogen-bond acceptors (Lipinski definition) is 3. The van der Waals surface area contributed by atoms with E-state index in [2.05, 4.69) is 39.9 Å². The summed E-state index contributed by atoms with van der Waals surface area (Å²) in [4.78, 5) is 0. The summed E-state index contributed by atoms with van der Waals surface area (Å²) in [6.07, 6.45) is 4.96. The number of aliphatic hydroxyl groups is 1. The van der Waals surface area contributed by atoms with E-state index in [1.54, 1.807) is 0 Å². The van der Waals surface area contributed by atoms with Crippen LogP contribution in [0.15, 0.2) is 0 Å². The normalized spacial score (nSPS) is 31.1. The first-order valence-electron chi connectivity index (χ1n) is 8.38. The molecule has 0 radical (unpaired) electrons. The smallest absolute Gasteiger partial charge is 0.0628 e. The molecule has 2 N–H and O–H groups in total. The Morgan fingerprint density at radius 1 is 1.25 bits per heavy atom. The minimum absolute atomic E-state index is 0.221. The third kappa shape index (κ3) is 4.92. The molecule has 0 aromatic carbocycles. The molecule has 0 bridgehead atoms. The van der Waals surface area contributed by atoms with E-state index < -0.39 is 0 Å². The molecule has 0 aliphatic heterocycles. The van der Waals surface area contributed by atoms with Crippen LogP contribution in [0.1, 0.15) is 67.2 Å². The Morgan fingerprint density at radius 3 is 2.40 bits per heavy atom. The van der Waals surface area contributed by atoms with Crippen molar-refractivity contribution in [1.29, 1.82) is 0 Å². The Hall–Kier alpha value is 0.270. The molecule has 5 unspecified atom stereocenters. The van der Waals surface area contributed by atoms with Crippen LogP contribution in [0, 0.1) is 11.3 Å².